The number of nitro groups is 1. The summed E-state index contributed by atoms with van der Waals surface area (Å²) in [5.74, 6) is -0.794. The van der Waals surface area contributed by atoms with Crippen molar-refractivity contribution in [3.63, 3.8) is 0 Å². The van der Waals surface area contributed by atoms with Crippen LogP contribution in [0.1, 0.15) is 11.1 Å². The number of nitriles is 1. The van der Waals surface area contributed by atoms with Crippen molar-refractivity contribution >= 4 is 5.82 Å². The maximum absolute atomic E-state index is 13.2. The standard InChI is InChI=1S/C11H7FN4O2/c12-10-4-8(6-13)3-9(5-10)7-15-2-1-11(14-15)16(17)18/h1-5H,7H2. The third-order valence-electron chi connectivity index (χ3n) is 2.24. The molecule has 1 aromatic heterocycles. The summed E-state index contributed by atoms with van der Waals surface area (Å²) in [6, 6.07) is 6.98. The van der Waals surface area contributed by atoms with E-state index in [9.17, 15) is 14.5 Å². The highest BCUT2D eigenvalue weighted by atomic mass is 19.1. The van der Waals surface area contributed by atoms with E-state index < -0.39 is 10.7 Å². The van der Waals surface area contributed by atoms with E-state index in [0.717, 1.165) is 6.07 Å². The lowest BCUT2D eigenvalue weighted by Crippen LogP contribution is -2.02. The first-order valence-corrected chi connectivity index (χ1v) is 4.96. The normalized spacial score (nSPS) is 10.0. The molecule has 0 aliphatic rings. The quantitative estimate of drug-likeness (QED) is 0.611. The Morgan fingerprint density at radius 3 is 2.89 bits per heavy atom. The van der Waals surface area contributed by atoms with Crippen LogP contribution in [-0.4, -0.2) is 14.7 Å². The van der Waals surface area contributed by atoms with Crippen molar-refractivity contribution in [2.45, 2.75) is 6.54 Å². The van der Waals surface area contributed by atoms with Crippen molar-refractivity contribution in [1.29, 1.82) is 5.26 Å². The summed E-state index contributed by atoms with van der Waals surface area (Å²) in [6.45, 7) is 0.167. The number of aromatic nitrogens is 2. The maximum Gasteiger partial charge on any atom is 0.389 e. The van der Waals surface area contributed by atoms with Crippen molar-refractivity contribution < 1.29 is 9.31 Å². The molecule has 0 fully saturated rings. The average molecular weight is 246 g/mol. The topological polar surface area (TPSA) is 84.8 Å². The first kappa shape index (κ1) is 11.7. The van der Waals surface area contributed by atoms with Gasteiger partial charge in [0, 0.05) is 0 Å². The van der Waals surface area contributed by atoms with E-state index in [1.165, 1.54) is 29.1 Å². The number of hydrogen-bond acceptors (Lipinski definition) is 4. The molecular formula is C11H7FN4O2. The van der Waals surface area contributed by atoms with Crippen LogP contribution in [0.4, 0.5) is 10.2 Å². The maximum atomic E-state index is 13.2. The lowest BCUT2D eigenvalue weighted by Gasteiger charge is -2.00. The fourth-order valence-electron chi connectivity index (χ4n) is 1.53. The molecule has 1 heterocycles. The fraction of sp³-hybridized carbons (Fsp3) is 0.0909. The molecule has 6 nitrogen and oxygen atoms in total. The zero-order valence-electron chi connectivity index (χ0n) is 9.08. The first-order valence-electron chi connectivity index (χ1n) is 4.96. The lowest BCUT2D eigenvalue weighted by atomic mass is 10.1. The number of halogens is 1. The van der Waals surface area contributed by atoms with Crippen molar-refractivity contribution in [1.82, 2.24) is 9.78 Å². The summed E-state index contributed by atoms with van der Waals surface area (Å²) in [7, 11) is 0. The van der Waals surface area contributed by atoms with E-state index in [4.69, 9.17) is 5.26 Å². The Morgan fingerprint density at radius 2 is 2.28 bits per heavy atom. The van der Waals surface area contributed by atoms with Gasteiger partial charge >= 0.3 is 5.82 Å². The second-order valence-electron chi connectivity index (χ2n) is 3.59. The summed E-state index contributed by atoms with van der Waals surface area (Å²) < 4.78 is 14.5. The third-order valence-corrected chi connectivity index (χ3v) is 2.24. The monoisotopic (exact) mass is 246 g/mol. The van der Waals surface area contributed by atoms with E-state index >= 15 is 0 Å². The van der Waals surface area contributed by atoms with Crippen molar-refractivity contribution in [2.75, 3.05) is 0 Å². The molecule has 18 heavy (non-hydrogen) atoms. The highest BCUT2D eigenvalue weighted by Crippen LogP contribution is 2.12. The van der Waals surface area contributed by atoms with Gasteiger partial charge in [-0.2, -0.15) is 9.94 Å². The van der Waals surface area contributed by atoms with E-state index in [1.54, 1.807) is 0 Å². The van der Waals surface area contributed by atoms with E-state index in [2.05, 4.69) is 5.10 Å². The second-order valence-corrected chi connectivity index (χ2v) is 3.59. The molecule has 0 radical (unpaired) electrons. The van der Waals surface area contributed by atoms with Crippen LogP contribution in [-0.2, 0) is 6.54 Å². The predicted octanol–water partition coefficient (Wildman–Crippen LogP) is 1.85. The Labute approximate surface area is 101 Å². The zero-order chi connectivity index (χ0) is 13.1. The van der Waals surface area contributed by atoms with Gasteiger partial charge in [0.2, 0.25) is 0 Å². The predicted molar refractivity (Wildman–Crippen MR) is 59.1 cm³/mol. The average Bonchev–Trinajstić information content (AvgIpc) is 2.76. The van der Waals surface area contributed by atoms with Crippen molar-refractivity contribution in [3.05, 3.63) is 57.5 Å². The summed E-state index contributed by atoms with van der Waals surface area (Å²) in [6.07, 6.45) is 1.43. The lowest BCUT2D eigenvalue weighted by molar-refractivity contribution is -0.389. The highest BCUT2D eigenvalue weighted by molar-refractivity contribution is 5.33. The van der Waals surface area contributed by atoms with Crippen LogP contribution in [0, 0.1) is 27.3 Å². The minimum atomic E-state index is -0.608. The number of hydrogen-bond donors (Lipinski definition) is 0. The van der Waals surface area contributed by atoms with Crippen molar-refractivity contribution in [3.8, 4) is 6.07 Å². The van der Waals surface area contributed by atoms with Gasteiger partial charge in [-0.25, -0.2) is 4.39 Å². The second kappa shape index (κ2) is 4.63. The number of nitrogens with zero attached hydrogens (tertiary/aromatic N) is 4. The SMILES string of the molecule is N#Cc1cc(F)cc(Cn2ccc([N+](=O)[O-])n2)c1. The van der Waals surface area contributed by atoms with Gasteiger partial charge in [-0.15, -0.1) is 0 Å². The van der Waals surface area contributed by atoms with Crippen LogP contribution < -0.4 is 0 Å². The molecule has 1 aromatic carbocycles. The van der Waals surface area contributed by atoms with E-state index in [0.29, 0.717) is 5.56 Å². The zero-order valence-corrected chi connectivity index (χ0v) is 9.08. The molecule has 0 bridgehead atoms. The number of benzene rings is 1. The van der Waals surface area contributed by atoms with Crippen LogP contribution in [0.5, 0.6) is 0 Å². The molecule has 2 aromatic rings. The molecule has 0 saturated heterocycles. The molecule has 7 heteroatoms. The molecule has 90 valence electrons. The molecule has 0 amide bonds. The Hall–Kier alpha value is -2.75. The molecule has 2 rings (SSSR count). The van der Waals surface area contributed by atoms with Gasteiger partial charge in [0.15, 0.2) is 0 Å². The van der Waals surface area contributed by atoms with Gasteiger partial charge in [-0.3, -0.25) is 0 Å². The van der Waals surface area contributed by atoms with Crippen molar-refractivity contribution in [2.24, 2.45) is 0 Å². The van der Waals surface area contributed by atoms with Gasteiger partial charge in [-0.1, -0.05) is 0 Å². The molecule has 0 unspecified atom stereocenters. The Bertz CT molecular complexity index is 645. The van der Waals surface area contributed by atoms with Crippen LogP contribution in [0.15, 0.2) is 30.5 Å². The minimum absolute atomic E-state index is 0.167. The summed E-state index contributed by atoms with van der Waals surface area (Å²) >= 11 is 0. The van der Waals surface area contributed by atoms with Crippen LogP contribution in [0.3, 0.4) is 0 Å². The molecule has 0 spiro atoms. The number of rotatable bonds is 3. The Morgan fingerprint density at radius 1 is 1.50 bits per heavy atom. The molecule has 0 atom stereocenters. The first-order chi connectivity index (χ1) is 8.58. The van der Waals surface area contributed by atoms with E-state index in [1.807, 2.05) is 6.07 Å². The highest BCUT2D eigenvalue weighted by Gasteiger charge is 2.11. The van der Waals surface area contributed by atoms with Gasteiger partial charge in [0.25, 0.3) is 0 Å². The fourth-order valence-corrected chi connectivity index (χ4v) is 1.53. The summed E-state index contributed by atoms with van der Waals surface area (Å²) in [5.41, 5.74) is 0.719. The van der Waals surface area contributed by atoms with Gasteiger partial charge in [-0.05, 0) is 28.7 Å². The molecule has 0 N–H and O–H groups in total. The summed E-state index contributed by atoms with van der Waals surface area (Å²) in [5, 5.41) is 22.9. The smallest absolute Gasteiger partial charge is 0.358 e. The van der Waals surface area contributed by atoms with Crippen LogP contribution in [0.2, 0.25) is 0 Å². The minimum Gasteiger partial charge on any atom is -0.358 e. The van der Waals surface area contributed by atoms with Crippen LogP contribution in [0.25, 0.3) is 0 Å². The summed E-state index contributed by atoms with van der Waals surface area (Å²) in [4.78, 5) is 9.84. The van der Waals surface area contributed by atoms with Gasteiger partial charge in [0.1, 0.15) is 5.82 Å². The Balaban J connectivity index is 2.25. The molecule has 0 aliphatic carbocycles. The Kier molecular flexibility index (Phi) is 3.02. The van der Waals surface area contributed by atoms with Gasteiger partial charge in [0.05, 0.1) is 35.5 Å². The third kappa shape index (κ3) is 2.49. The molecule has 0 saturated carbocycles. The molecular weight excluding hydrogens is 239 g/mol. The van der Waals surface area contributed by atoms with Crippen LogP contribution >= 0.6 is 0 Å². The molecule has 0 aliphatic heterocycles. The van der Waals surface area contributed by atoms with Gasteiger partial charge < -0.3 is 10.1 Å². The largest absolute Gasteiger partial charge is 0.389 e. The van der Waals surface area contributed by atoms with E-state index in [-0.39, 0.29) is 17.9 Å².